The first-order valence-electron chi connectivity index (χ1n) is 9.44. The quantitative estimate of drug-likeness (QED) is 0.807. The lowest BCUT2D eigenvalue weighted by atomic mass is 9.53. The van der Waals surface area contributed by atoms with Crippen LogP contribution >= 0.6 is 0 Å². The average Bonchev–Trinajstić information content (AvgIpc) is 3.13. The number of carbonyl (C=O) groups excluding carboxylic acids is 1. The number of rotatable bonds is 2. The summed E-state index contributed by atoms with van der Waals surface area (Å²) in [6.45, 7) is 4.13. The molecule has 4 fully saturated rings. The zero-order chi connectivity index (χ0) is 17.3. The van der Waals surface area contributed by atoms with E-state index >= 15 is 0 Å². The van der Waals surface area contributed by atoms with E-state index in [9.17, 15) is 15.2 Å². The van der Waals surface area contributed by atoms with Gasteiger partial charge in [0.15, 0.2) is 0 Å². The van der Waals surface area contributed by atoms with Crippen LogP contribution in [-0.2, 0) is 4.79 Å². The van der Waals surface area contributed by atoms with Gasteiger partial charge in [-0.3, -0.25) is 4.79 Å². The van der Waals surface area contributed by atoms with Gasteiger partial charge in [0, 0.05) is 6.04 Å². The number of nitriles is 1. The molecule has 0 aromatic rings. The Morgan fingerprint density at radius 2 is 2.08 bits per heavy atom. The SMILES string of the molecule is CC1CC2CC(C)(O)CC(C(N)C(=O)N3C(C#N)CC4CC43)(C1)C2. The van der Waals surface area contributed by atoms with Gasteiger partial charge < -0.3 is 15.7 Å². The van der Waals surface area contributed by atoms with Gasteiger partial charge in [0.25, 0.3) is 0 Å². The highest BCUT2D eigenvalue weighted by atomic mass is 16.3. The minimum absolute atomic E-state index is 0.0444. The maximum absolute atomic E-state index is 13.2. The lowest BCUT2D eigenvalue weighted by Crippen LogP contribution is -2.61. The summed E-state index contributed by atoms with van der Waals surface area (Å²) in [7, 11) is 0. The molecule has 0 aromatic carbocycles. The standard InChI is InChI=1S/C19H29N3O2/c1-11-3-12-7-18(2,24)10-19(6-11,8-12)16(21)17(23)22-14(9-20)4-13-5-15(13)22/h11-16,24H,3-8,10,21H2,1-2H3. The third-order valence-electron chi connectivity index (χ3n) is 7.08. The lowest BCUT2D eigenvalue weighted by Gasteiger charge is -2.55. The second-order valence-electron chi connectivity index (χ2n) is 9.52. The highest BCUT2D eigenvalue weighted by Gasteiger charge is 2.59. The zero-order valence-electron chi connectivity index (χ0n) is 14.7. The van der Waals surface area contributed by atoms with E-state index in [1.54, 1.807) is 4.90 Å². The smallest absolute Gasteiger partial charge is 0.241 e. The molecule has 0 radical (unpaired) electrons. The van der Waals surface area contributed by atoms with Crippen LogP contribution < -0.4 is 5.73 Å². The van der Waals surface area contributed by atoms with Gasteiger partial charge in [0.2, 0.25) is 5.91 Å². The van der Waals surface area contributed by atoms with Gasteiger partial charge in [-0.05, 0) is 75.0 Å². The van der Waals surface area contributed by atoms with E-state index in [4.69, 9.17) is 5.73 Å². The minimum atomic E-state index is -0.733. The van der Waals surface area contributed by atoms with Crippen molar-refractivity contribution in [2.75, 3.05) is 0 Å². The fourth-order valence-corrected chi connectivity index (χ4v) is 6.52. The fraction of sp³-hybridized carbons (Fsp3) is 0.895. The minimum Gasteiger partial charge on any atom is -0.390 e. The molecule has 0 aromatic heterocycles. The fourth-order valence-electron chi connectivity index (χ4n) is 6.52. The molecule has 5 heteroatoms. The number of hydrogen-bond donors (Lipinski definition) is 2. The predicted molar refractivity (Wildman–Crippen MR) is 89.5 cm³/mol. The Morgan fingerprint density at radius 1 is 1.33 bits per heavy atom. The van der Waals surface area contributed by atoms with Crippen molar-refractivity contribution in [3.8, 4) is 6.07 Å². The topological polar surface area (TPSA) is 90.3 Å². The number of hydrogen-bond acceptors (Lipinski definition) is 4. The molecule has 24 heavy (non-hydrogen) atoms. The second kappa shape index (κ2) is 5.19. The maximum atomic E-state index is 13.2. The summed E-state index contributed by atoms with van der Waals surface area (Å²) in [5, 5.41) is 20.1. The first-order chi connectivity index (χ1) is 11.2. The molecule has 2 bridgehead atoms. The summed E-state index contributed by atoms with van der Waals surface area (Å²) < 4.78 is 0. The molecule has 3 N–H and O–H groups in total. The van der Waals surface area contributed by atoms with Crippen molar-refractivity contribution in [1.82, 2.24) is 4.90 Å². The highest BCUT2D eigenvalue weighted by molar-refractivity contribution is 5.84. The summed E-state index contributed by atoms with van der Waals surface area (Å²) in [6, 6.07) is 1.64. The summed E-state index contributed by atoms with van der Waals surface area (Å²) in [4.78, 5) is 15.0. The van der Waals surface area contributed by atoms with Crippen LogP contribution in [0.1, 0.15) is 58.8 Å². The number of amides is 1. The number of carbonyl (C=O) groups is 1. The Labute approximate surface area is 144 Å². The van der Waals surface area contributed by atoms with Gasteiger partial charge in [-0.1, -0.05) is 6.92 Å². The van der Waals surface area contributed by atoms with Gasteiger partial charge in [0.05, 0.1) is 17.7 Å². The van der Waals surface area contributed by atoms with Crippen molar-refractivity contribution >= 4 is 5.91 Å². The Balaban J connectivity index is 1.61. The monoisotopic (exact) mass is 331 g/mol. The van der Waals surface area contributed by atoms with Crippen LogP contribution in [0.25, 0.3) is 0 Å². The van der Waals surface area contributed by atoms with Crippen molar-refractivity contribution in [3.63, 3.8) is 0 Å². The van der Waals surface area contributed by atoms with Crippen LogP contribution in [0.2, 0.25) is 0 Å². The van der Waals surface area contributed by atoms with E-state index in [-0.39, 0.29) is 23.4 Å². The first kappa shape index (κ1) is 16.4. The van der Waals surface area contributed by atoms with Crippen molar-refractivity contribution in [2.45, 2.75) is 82.5 Å². The van der Waals surface area contributed by atoms with E-state index in [0.717, 1.165) is 38.5 Å². The molecule has 3 aliphatic carbocycles. The van der Waals surface area contributed by atoms with Gasteiger partial charge in [-0.25, -0.2) is 0 Å². The van der Waals surface area contributed by atoms with E-state index in [0.29, 0.717) is 24.2 Å². The summed E-state index contributed by atoms with van der Waals surface area (Å²) in [5.41, 5.74) is 5.54. The van der Waals surface area contributed by atoms with E-state index < -0.39 is 11.6 Å². The van der Waals surface area contributed by atoms with Crippen LogP contribution in [0.3, 0.4) is 0 Å². The normalized spacial score (nSPS) is 50.8. The average molecular weight is 331 g/mol. The Morgan fingerprint density at radius 3 is 2.79 bits per heavy atom. The predicted octanol–water partition coefficient (Wildman–Crippen LogP) is 1.79. The van der Waals surface area contributed by atoms with Gasteiger partial charge in [0.1, 0.15) is 6.04 Å². The summed E-state index contributed by atoms with van der Waals surface area (Å²) in [5.74, 6) is 1.46. The van der Waals surface area contributed by atoms with E-state index in [2.05, 4.69) is 13.0 Å². The van der Waals surface area contributed by atoms with Crippen molar-refractivity contribution in [2.24, 2.45) is 28.9 Å². The number of fused-ring (bicyclic) bond motifs is 3. The molecule has 3 saturated carbocycles. The van der Waals surface area contributed by atoms with Crippen LogP contribution in [-0.4, -0.2) is 39.6 Å². The highest BCUT2D eigenvalue weighted by Crippen LogP contribution is 2.56. The van der Waals surface area contributed by atoms with Crippen molar-refractivity contribution in [3.05, 3.63) is 0 Å². The lowest BCUT2D eigenvalue weighted by molar-refractivity contribution is -0.146. The molecule has 0 spiro atoms. The van der Waals surface area contributed by atoms with Crippen LogP contribution in [0, 0.1) is 34.5 Å². The summed E-state index contributed by atoms with van der Waals surface area (Å²) >= 11 is 0. The molecule has 4 aliphatic rings. The van der Waals surface area contributed by atoms with Crippen molar-refractivity contribution in [1.29, 1.82) is 5.26 Å². The Bertz CT molecular complexity index is 594. The van der Waals surface area contributed by atoms with Crippen LogP contribution in [0.5, 0.6) is 0 Å². The molecule has 1 aliphatic heterocycles. The molecule has 8 atom stereocenters. The van der Waals surface area contributed by atoms with Gasteiger partial charge in [-0.2, -0.15) is 5.26 Å². The molecule has 4 rings (SSSR count). The van der Waals surface area contributed by atoms with Gasteiger partial charge >= 0.3 is 0 Å². The molecule has 5 nitrogen and oxygen atoms in total. The number of likely N-dealkylation sites (tertiary alicyclic amines) is 1. The molecule has 1 amide bonds. The van der Waals surface area contributed by atoms with Crippen LogP contribution in [0.15, 0.2) is 0 Å². The van der Waals surface area contributed by atoms with Crippen molar-refractivity contribution < 1.29 is 9.90 Å². The third-order valence-corrected chi connectivity index (χ3v) is 7.08. The number of piperidine rings is 1. The molecule has 1 heterocycles. The second-order valence-corrected chi connectivity index (χ2v) is 9.52. The zero-order valence-corrected chi connectivity index (χ0v) is 14.7. The largest absolute Gasteiger partial charge is 0.390 e. The number of aliphatic hydroxyl groups is 1. The number of nitrogens with two attached hydrogens (primary N) is 1. The van der Waals surface area contributed by atoms with E-state index in [1.165, 1.54) is 0 Å². The molecule has 132 valence electrons. The van der Waals surface area contributed by atoms with Crippen LogP contribution in [0.4, 0.5) is 0 Å². The molecule has 8 unspecified atom stereocenters. The van der Waals surface area contributed by atoms with Gasteiger partial charge in [-0.15, -0.1) is 0 Å². The summed E-state index contributed by atoms with van der Waals surface area (Å²) in [6.07, 6.45) is 6.23. The molecular formula is C19H29N3O2. The first-order valence-corrected chi connectivity index (χ1v) is 9.44. The molecular weight excluding hydrogens is 302 g/mol. The number of nitrogens with zero attached hydrogens (tertiary/aromatic N) is 2. The van der Waals surface area contributed by atoms with E-state index in [1.807, 2.05) is 6.92 Å². The molecule has 1 saturated heterocycles. The Hall–Kier alpha value is -1.12. The third kappa shape index (κ3) is 2.46. The maximum Gasteiger partial charge on any atom is 0.241 e. The Kier molecular flexibility index (Phi) is 3.54.